The lowest BCUT2D eigenvalue weighted by atomic mass is 10.9. The van der Waals surface area contributed by atoms with Crippen molar-refractivity contribution in [1.82, 2.24) is 4.23 Å². The molecule has 1 aliphatic rings. The van der Waals surface area contributed by atoms with Crippen LogP contribution in [-0.4, -0.2) is 28.1 Å². The Morgan fingerprint density at radius 1 is 1.10 bits per heavy atom. The molecule has 1 fully saturated rings. The second kappa shape index (κ2) is 2.15. The van der Waals surface area contributed by atoms with Crippen LogP contribution in [0.25, 0.3) is 0 Å². The van der Waals surface area contributed by atoms with E-state index in [1.165, 1.54) is 12.1 Å². The van der Waals surface area contributed by atoms with Crippen LogP contribution >= 0.6 is 0 Å². The van der Waals surface area contributed by atoms with Crippen molar-refractivity contribution in [2.45, 2.75) is 25.2 Å². The maximum absolute atomic E-state index is 6.12. The van der Waals surface area contributed by atoms with Gasteiger partial charge < -0.3 is 15.0 Å². The summed E-state index contributed by atoms with van der Waals surface area (Å²) >= 11 is 0. The minimum atomic E-state index is -1.51. The zero-order chi connectivity index (χ0) is 7.99. The summed E-state index contributed by atoms with van der Waals surface area (Å²) in [7, 11) is -0.915. The quantitative estimate of drug-likeness (QED) is 0.509. The molecule has 10 heavy (non-hydrogen) atoms. The summed E-state index contributed by atoms with van der Waals surface area (Å²) in [5, 5.41) is 12.2. The Bertz CT molecular complexity index is 130. The van der Waals surface area contributed by atoms with Gasteiger partial charge in [0.15, 0.2) is 16.8 Å². The van der Waals surface area contributed by atoms with Crippen LogP contribution in [0.15, 0.2) is 0 Å². The molecule has 0 bridgehead atoms. The molecule has 1 aliphatic heterocycles. The van der Waals surface area contributed by atoms with Crippen molar-refractivity contribution >= 4 is 16.8 Å². The molecule has 0 aliphatic carbocycles. The summed E-state index contributed by atoms with van der Waals surface area (Å²) in [6.45, 7) is 4.39. The average molecular weight is 175 g/mol. The fourth-order valence-corrected chi connectivity index (χ4v) is 11.5. The van der Waals surface area contributed by atoms with Gasteiger partial charge in [-0.15, -0.1) is 0 Å². The Morgan fingerprint density at radius 3 is 1.50 bits per heavy atom. The minimum absolute atomic E-state index is 1.18. The van der Waals surface area contributed by atoms with Gasteiger partial charge in [0.2, 0.25) is 0 Å². The molecule has 0 aromatic carbocycles. The molecule has 0 spiro atoms. The molecular weight excluding hydrogens is 158 g/mol. The van der Waals surface area contributed by atoms with E-state index >= 15 is 0 Å². The van der Waals surface area contributed by atoms with Crippen molar-refractivity contribution in [2.24, 2.45) is 10.8 Å². The standard InChI is InChI=1S/C5H17N3Si2/c1-8-9(2,6)4-5-10(8,3)7/h4-7H2,1-3H3. The second-order valence-corrected chi connectivity index (χ2v) is 12.0. The van der Waals surface area contributed by atoms with Crippen molar-refractivity contribution in [3.05, 3.63) is 0 Å². The first-order chi connectivity index (χ1) is 4.36. The molecule has 1 saturated heterocycles. The third-order valence-corrected chi connectivity index (χ3v) is 11.8. The number of hydrogen-bond acceptors (Lipinski definition) is 3. The molecule has 0 aromatic rings. The highest BCUT2D eigenvalue weighted by Crippen LogP contribution is 2.28. The van der Waals surface area contributed by atoms with Gasteiger partial charge in [-0.05, 0) is 32.2 Å². The van der Waals surface area contributed by atoms with Crippen molar-refractivity contribution in [3.8, 4) is 0 Å². The van der Waals surface area contributed by atoms with Crippen LogP contribution in [0.1, 0.15) is 0 Å². The van der Waals surface area contributed by atoms with Crippen molar-refractivity contribution in [2.75, 3.05) is 7.05 Å². The minimum Gasteiger partial charge on any atom is -0.339 e. The molecule has 1 heterocycles. The van der Waals surface area contributed by atoms with Gasteiger partial charge in [0.05, 0.1) is 0 Å². The highest BCUT2D eigenvalue weighted by molar-refractivity contribution is 6.93. The van der Waals surface area contributed by atoms with E-state index in [1.807, 2.05) is 0 Å². The number of nitrogens with two attached hydrogens (primary N) is 2. The van der Waals surface area contributed by atoms with Crippen molar-refractivity contribution in [3.63, 3.8) is 0 Å². The number of rotatable bonds is 0. The third kappa shape index (κ3) is 1.19. The van der Waals surface area contributed by atoms with Gasteiger partial charge in [-0.1, -0.05) is 0 Å². The SMILES string of the molecule is CN1[Si](C)(N)CC[Si]1(C)N. The maximum Gasteiger partial charge on any atom is 0.192 e. The summed E-state index contributed by atoms with van der Waals surface area (Å²) < 4.78 is 2.32. The van der Waals surface area contributed by atoms with Gasteiger partial charge >= 0.3 is 0 Å². The highest BCUT2D eigenvalue weighted by atomic mass is 28.4. The average Bonchev–Trinajstić information content (AvgIpc) is 1.95. The monoisotopic (exact) mass is 175 g/mol. The largest absolute Gasteiger partial charge is 0.339 e. The van der Waals surface area contributed by atoms with E-state index in [-0.39, 0.29) is 0 Å². The Labute approximate surface area is 64.7 Å². The van der Waals surface area contributed by atoms with E-state index in [4.69, 9.17) is 10.8 Å². The molecule has 0 saturated carbocycles. The number of nitrogens with zero attached hydrogens (tertiary/aromatic N) is 1. The predicted molar refractivity (Wildman–Crippen MR) is 49.0 cm³/mol. The molecule has 0 radical (unpaired) electrons. The maximum atomic E-state index is 6.12. The topological polar surface area (TPSA) is 55.3 Å². The van der Waals surface area contributed by atoms with Gasteiger partial charge in [-0.3, -0.25) is 0 Å². The van der Waals surface area contributed by atoms with Crippen LogP contribution in [0.5, 0.6) is 0 Å². The van der Waals surface area contributed by atoms with Crippen molar-refractivity contribution in [1.29, 1.82) is 0 Å². The van der Waals surface area contributed by atoms with Gasteiger partial charge in [0, 0.05) is 0 Å². The Morgan fingerprint density at radius 2 is 1.40 bits per heavy atom. The summed E-state index contributed by atoms with van der Waals surface area (Å²) in [6.07, 6.45) is 0. The molecule has 0 amide bonds. The van der Waals surface area contributed by atoms with E-state index < -0.39 is 16.8 Å². The first kappa shape index (κ1) is 8.41. The van der Waals surface area contributed by atoms with Crippen LogP contribution in [0.2, 0.25) is 25.2 Å². The van der Waals surface area contributed by atoms with E-state index in [2.05, 4.69) is 24.4 Å². The molecule has 3 nitrogen and oxygen atoms in total. The zero-order valence-corrected chi connectivity index (χ0v) is 9.02. The first-order valence-corrected chi connectivity index (χ1v) is 9.14. The normalized spacial score (nSPS) is 50.1. The fourth-order valence-electron chi connectivity index (χ4n) is 1.43. The lowest BCUT2D eigenvalue weighted by molar-refractivity contribution is 0.762. The van der Waals surface area contributed by atoms with Crippen LogP contribution in [-0.2, 0) is 0 Å². The molecule has 1 rings (SSSR count). The van der Waals surface area contributed by atoms with Gasteiger partial charge in [0.1, 0.15) is 0 Å². The summed E-state index contributed by atoms with van der Waals surface area (Å²) in [5.41, 5.74) is 0. The van der Waals surface area contributed by atoms with Gasteiger partial charge in [0.25, 0.3) is 0 Å². The highest BCUT2D eigenvalue weighted by Gasteiger charge is 2.46. The molecule has 2 unspecified atom stereocenters. The molecule has 60 valence electrons. The molecule has 2 atom stereocenters. The molecule has 5 heteroatoms. The molecule has 0 aromatic heterocycles. The lowest BCUT2D eigenvalue weighted by Crippen LogP contribution is -2.64. The van der Waals surface area contributed by atoms with Crippen LogP contribution < -0.4 is 10.8 Å². The van der Waals surface area contributed by atoms with Crippen LogP contribution in [0.4, 0.5) is 0 Å². The predicted octanol–water partition coefficient (Wildman–Crippen LogP) is -0.00680. The smallest absolute Gasteiger partial charge is 0.192 e. The summed E-state index contributed by atoms with van der Waals surface area (Å²) in [4.78, 5) is 0. The van der Waals surface area contributed by atoms with Crippen molar-refractivity contribution < 1.29 is 0 Å². The molecule has 4 N–H and O–H groups in total. The van der Waals surface area contributed by atoms with E-state index in [0.717, 1.165) is 0 Å². The Hall–Kier alpha value is 0.314. The molecular formula is C5H17N3Si2. The third-order valence-electron chi connectivity index (χ3n) is 2.67. The van der Waals surface area contributed by atoms with E-state index in [0.29, 0.717) is 0 Å². The van der Waals surface area contributed by atoms with Gasteiger partial charge in [-0.2, -0.15) is 0 Å². The Kier molecular flexibility index (Phi) is 1.81. The Balaban J connectivity index is 2.77. The van der Waals surface area contributed by atoms with Crippen LogP contribution in [0.3, 0.4) is 0 Å². The zero-order valence-electron chi connectivity index (χ0n) is 7.02. The summed E-state index contributed by atoms with van der Waals surface area (Å²) in [6, 6.07) is 2.37. The number of hydrogen-bond donors (Lipinski definition) is 2. The van der Waals surface area contributed by atoms with E-state index in [9.17, 15) is 0 Å². The van der Waals surface area contributed by atoms with Crippen LogP contribution in [0, 0.1) is 0 Å². The fraction of sp³-hybridized carbons (Fsp3) is 1.00. The lowest BCUT2D eigenvalue weighted by Gasteiger charge is -2.33. The summed E-state index contributed by atoms with van der Waals surface area (Å²) in [5.74, 6) is 0. The van der Waals surface area contributed by atoms with E-state index in [1.54, 1.807) is 0 Å². The first-order valence-electron chi connectivity index (χ1n) is 3.68. The van der Waals surface area contributed by atoms with Gasteiger partial charge in [-0.25, -0.2) is 0 Å². The second-order valence-electron chi connectivity index (χ2n) is 3.77.